The molecule has 0 saturated carbocycles. The van der Waals surface area contributed by atoms with Gasteiger partial charge in [-0.25, -0.2) is 13.8 Å². The average Bonchev–Trinajstić information content (AvgIpc) is 2.42. The smallest absolute Gasteiger partial charge is 0.332 e. The van der Waals surface area contributed by atoms with Gasteiger partial charge in [0.1, 0.15) is 23.0 Å². The largest absolute Gasteiger partial charge is 0.357 e. The van der Waals surface area contributed by atoms with Gasteiger partial charge in [-0.1, -0.05) is 6.07 Å². The van der Waals surface area contributed by atoms with E-state index in [0.717, 1.165) is 12.1 Å². The molecule has 1 aromatic carbocycles. The summed E-state index contributed by atoms with van der Waals surface area (Å²) in [5.74, 6) is -1.96. The minimum atomic E-state index is -0.883. The third kappa shape index (κ3) is 2.86. The Kier molecular flexibility index (Phi) is 3.92. The fourth-order valence-corrected chi connectivity index (χ4v) is 1.72. The summed E-state index contributed by atoms with van der Waals surface area (Å²) in [5, 5.41) is 16.0. The van der Waals surface area contributed by atoms with Gasteiger partial charge in [-0.15, -0.1) is 0 Å². The van der Waals surface area contributed by atoms with Crippen LogP contribution in [0.15, 0.2) is 18.2 Å². The fraction of sp³-hybridized carbons (Fsp3) is 0.167. The van der Waals surface area contributed by atoms with Crippen molar-refractivity contribution in [2.75, 3.05) is 17.7 Å². The van der Waals surface area contributed by atoms with Gasteiger partial charge in [0.05, 0.1) is 4.92 Å². The van der Waals surface area contributed by atoms with Gasteiger partial charge in [0.15, 0.2) is 0 Å². The van der Waals surface area contributed by atoms with Crippen molar-refractivity contribution in [1.82, 2.24) is 9.97 Å². The number of halogens is 2. The Labute approximate surface area is 118 Å². The molecule has 21 heavy (non-hydrogen) atoms. The number of aryl methyl sites for hydroxylation is 1. The van der Waals surface area contributed by atoms with Crippen LogP contribution in [-0.4, -0.2) is 21.9 Å². The number of nitrogens with zero attached hydrogens (tertiary/aromatic N) is 3. The van der Waals surface area contributed by atoms with E-state index in [0.29, 0.717) is 0 Å². The van der Waals surface area contributed by atoms with Gasteiger partial charge in [0.2, 0.25) is 11.8 Å². The molecule has 0 aliphatic rings. The lowest BCUT2D eigenvalue weighted by atomic mass is 10.2. The SMILES string of the molecule is CNc1nc(C)c([N+](=O)[O-])c(Nc2c(F)cccc2F)n1. The molecular formula is C12H11F2N5O2. The van der Waals surface area contributed by atoms with Crippen molar-refractivity contribution in [1.29, 1.82) is 0 Å². The summed E-state index contributed by atoms with van der Waals surface area (Å²) < 4.78 is 27.2. The maximum absolute atomic E-state index is 13.6. The number of nitrogens with one attached hydrogen (secondary N) is 2. The Balaban J connectivity index is 2.57. The summed E-state index contributed by atoms with van der Waals surface area (Å²) in [6.45, 7) is 1.41. The van der Waals surface area contributed by atoms with E-state index in [1.165, 1.54) is 20.0 Å². The van der Waals surface area contributed by atoms with Crippen LogP contribution in [0.3, 0.4) is 0 Å². The van der Waals surface area contributed by atoms with E-state index < -0.39 is 27.9 Å². The van der Waals surface area contributed by atoms with Crippen LogP contribution in [0.5, 0.6) is 0 Å². The van der Waals surface area contributed by atoms with Gasteiger partial charge in [0.25, 0.3) is 0 Å². The van der Waals surface area contributed by atoms with Gasteiger partial charge < -0.3 is 10.6 Å². The average molecular weight is 295 g/mol. The molecule has 0 aliphatic carbocycles. The number of hydrogen-bond acceptors (Lipinski definition) is 6. The molecule has 0 aliphatic heterocycles. The van der Waals surface area contributed by atoms with Crippen LogP contribution < -0.4 is 10.6 Å². The zero-order valence-corrected chi connectivity index (χ0v) is 11.1. The number of nitro groups is 1. The van der Waals surface area contributed by atoms with Crippen LogP contribution in [0.25, 0.3) is 0 Å². The van der Waals surface area contributed by atoms with E-state index in [-0.39, 0.29) is 17.5 Å². The first-order valence-corrected chi connectivity index (χ1v) is 5.86. The molecule has 0 bridgehead atoms. The second-order valence-electron chi connectivity index (χ2n) is 4.06. The second kappa shape index (κ2) is 5.65. The predicted octanol–water partition coefficient (Wildman–Crippen LogP) is 2.76. The van der Waals surface area contributed by atoms with Crippen LogP contribution >= 0.6 is 0 Å². The molecule has 0 spiro atoms. The quantitative estimate of drug-likeness (QED) is 0.665. The molecule has 1 aromatic heterocycles. The lowest BCUT2D eigenvalue weighted by molar-refractivity contribution is -0.385. The number of benzene rings is 1. The number of hydrogen-bond donors (Lipinski definition) is 2. The van der Waals surface area contributed by atoms with Crippen molar-refractivity contribution in [2.45, 2.75) is 6.92 Å². The molecule has 0 atom stereocenters. The number of aromatic nitrogens is 2. The Bertz CT molecular complexity index is 688. The summed E-state index contributed by atoms with van der Waals surface area (Å²) in [6, 6.07) is 3.25. The Morgan fingerprint density at radius 3 is 2.38 bits per heavy atom. The first kappa shape index (κ1) is 14.6. The van der Waals surface area contributed by atoms with Crippen molar-refractivity contribution in [3.63, 3.8) is 0 Å². The van der Waals surface area contributed by atoms with Crippen molar-refractivity contribution in [3.8, 4) is 0 Å². The molecule has 2 rings (SSSR count). The van der Waals surface area contributed by atoms with Crippen LogP contribution in [0, 0.1) is 28.7 Å². The highest BCUT2D eigenvalue weighted by Gasteiger charge is 2.23. The first-order chi connectivity index (χ1) is 9.93. The maximum Gasteiger partial charge on any atom is 0.332 e. The maximum atomic E-state index is 13.6. The van der Waals surface area contributed by atoms with E-state index in [1.807, 2.05) is 0 Å². The molecule has 0 saturated heterocycles. The highest BCUT2D eigenvalue weighted by Crippen LogP contribution is 2.31. The van der Waals surface area contributed by atoms with E-state index in [4.69, 9.17) is 0 Å². The molecular weight excluding hydrogens is 284 g/mol. The molecule has 0 fully saturated rings. The number of para-hydroxylation sites is 1. The van der Waals surface area contributed by atoms with Crippen LogP contribution in [0.4, 0.5) is 31.9 Å². The molecule has 2 aromatic rings. The summed E-state index contributed by atoms with van der Waals surface area (Å²) >= 11 is 0. The van der Waals surface area contributed by atoms with Crippen molar-refractivity contribution in [3.05, 3.63) is 45.6 Å². The lowest BCUT2D eigenvalue weighted by Crippen LogP contribution is -2.08. The summed E-state index contributed by atoms with van der Waals surface area (Å²) in [7, 11) is 1.52. The van der Waals surface area contributed by atoms with Gasteiger partial charge in [0, 0.05) is 7.05 Å². The first-order valence-electron chi connectivity index (χ1n) is 5.86. The van der Waals surface area contributed by atoms with Crippen molar-refractivity contribution in [2.24, 2.45) is 0 Å². The molecule has 110 valence electrons. The third-order valence-corrected chi connectivity index (χ3v) is 2.67. The molecule has 0 radical (unpaired) electrons. The molecule has 7 nitrogen and oxygen atoms in total. The molecule has 0 amide bonds. The topological polar surface area (TPSA) is 93.0 Å². The fourth-order valence-electron chi connectivity index (χ4n) is 1.72. The zero-order chi connectivity index (χ0) is 15.6. The van der Waals surface area contributed by atoms with E-state index >= 15 is 0 Å². The monoisotopic (exact) mass is 295 g/mol. The predicted molar refractivity (Wildman–Crippen MR) is 72.6 cm³/mol. The number of anilines is 3. The third-order valence-electron chi connectivity index (χ3n) is 2.67. The van der Waals surface area contributed by atoms with Crippen molar-refractivity contribution >= 4 is 23.1 Å². The van der Waals surface area contributed by atoms with Gasteiger partial charge in [-0.2, -0.15) is 4.98 Å². The minimum absolute atomic E-state index is 0.0681. The Morgan fingerprint density at radius 1 is 1.24 bits per heavy atom. The van der Waals surface area contributed by atoms with Gasteiger partial charge in [-0.05, 0) is 19.1 Å². The van der Waals surface area contributed by atoms with Gasteiger partial charge >= 0.3 is 5.69 Å². The van der Waals surface area contributed by atoms with E-state index in [1.54, 1.807) is 0 Å². The van der Waals surface area contributed by atoms with Crippen LogP contribution in [0.1, 0.15) is 5.69 Å². The minimum Gasteiger partial charge on any atom is -0.357 e. The molecule has 0 unspecified atom stereocenters. The second-order valence-corrected chi connectivity index (χ2v) is 4.06. The van der Waals surface area contributed by atoms with E-state index in [9.17, 15) is 18.9 Å². The zero-order valence-electron chi connectivity index (χ0n) is 11.1. The Morgan fingerprint density at radius 2 is 1.86 bits per heavy atom. The molecule has 1 heterocycles. The van der Waals surface area contributed by atoms with Gasteiger partial charge in [-0.3, -0.25) is 10.1 Å². The summed E-state index contributed by atoms with van der Waals surface area (Å²) in [5.41, 5.74) is -0.893. The lowest BCUT2D eigenvalue weighted by Gasteiger charge is -2.10. The molecule has 9 heteroatoms. The van der Waals surface area contributed by atoms with Crippen molar-refractivity contribution < 1.29 is 13.7 Å². The van der Waals surface area contributed by atoms with Crippen LogP contribution in [-0.2, 0) is 0 Å². The standard InChI is InChI=1S/C12H11F2N5O2/c1-6-10(19(20)21)11(18-12(15-2)16-6)17-9-7(13)4-3-5-8(9)14/h3-5H,1-2H3,(H2,15,16,17,18). The van der Waals surface area contributed by atoms with E-state index in [2.05, 4.69) is 20.6 Å². The normalized spacial score (nSPS) is 10.3. The Hall–Kier alpha value is -2.84. The highest BCUT2D eigenvalue weighted by atomic mass is 19.1. The molecule has 2 N–H and O–H groups in total. The highest BCUT2D eigenvalue weighted by molar-refractivity contribution is 5.68. The summed E-state index contributed by atoms with van der Waals surface area (Å²) in [4.78, 5) is 18.1. The summed E-state index contributed by atoms with van der Waals surface area (Å²) in [6.07, 6.45) is 0. The van der Waals surface area contributed by atoms with Crippen LogP contribution in [0.2, 0.25) is 0 Å². The number of rotatable bonds is 4.